The molecule has 7 heteroatoms. The highest BCUT2D eigenvalue weighted by Crippen LogP contribution is 2.23. The van der Waals surface area contributed by atoms with Crippen molar-refractivity contribution in [1.82, 2.24) is 9.62 Å². The van der Waals surface area contributed by atoms with Gasteiger partial charge in [-0.15, -0.1) is 0 Å². The Hall–Kier alpha value is -2.48. The predicted octanol–water partition coefficient (Wildman–Crippen LogP) is 3.07. The third kappa shape index (κ3) is 4.80. The fourth-order valence-electron chi connectivity index (χ4n) is 3.84. The van der Waals surface area contributed by atoms with Crippen LogP contribution in [0.5, 0.6) is 0 Å². The van der Waals surface area contributed by atoms with Crippen molar-refractivity contribution in [3.8, 4) is 0 Å². The molecule has 0 aliphatic carbocycles. The van der Waals surface area contributed by atoms with E-state index < -0.39 is 10.0 Å². The van der Waals surface area contributed by atoms with Gasteiger partial charge in [-0.05, 0) is 48.6 Å². The number of rotatable bonds is 6. The number of carbonyl (C=O) groups excluding carboxylic acids is 1. The molecule has 2 aliphatic heterocycles. The molecule has 2 aromatic rings. The molecule has 6 nitrogen and oxygen atoms in total. The average molecular weight is 427 g/mol. The Labute approximate surface area is 177 Å². The maximum Gasteiger partial charge on any atom is 0.254 e. The Morgan fingerprint density at radius 1 is 1.13 bits per heavy atom. The Kier molecular flexibility index (Phi) is 6.32. The van der Waals surface area contributed by atoms with Crippen LogP contribution in [0.4, 0.5) is 0 Å². The van der Waals surface area contributed by atoms with Crippen molar-refractivity contribution in [3.63, 3.8) is 0 Å². The molecular formula is C23H26N2O4S. The van der Waals surface area contributed by atoms with E-state index in [-0.39, 0.29) is 23.5 Å². The van der Waals surface area contributed by atoms with Gasteiger partial charge in [-0.25, -0.2) is 13.1 Å². The Balaban J connectivity index is 1.43. The molecule has 30 heavy (non-hydrogen) atoms. The van der Waals surface area contributed by atoms with Crippen LogP contribution in [-0.4, -0.2) is 51.6 Å². The van der Waals surface area contributed by atoms with Gasteiger partial charge in [0.2, 0.25) is 10.0 Å². The maximum atomic E-state index is 13.0. The highest BCUT2D eigenvalue weighted by atomic mass is 32.2. The summed E-state index contributed by atoms with van der Waals surface area (Å²) in [5, 5.41) is 0. The number of carbonyl (C=O) groups is 1. The van der Waals surface area contributed by atoms with Crippen molar-refractivity contribution in [2.24, 2.45) is 0 Å². The molecule has 2 aromatic carbocycles. The van der Waals surface area contributed by atoms with Crippen molar-refractivity contribution in [2.45, 2.75) is 30.3 Å². The molecule has 1 unspecified atom stereocenters. The number of benzene rings is 2. The summed E-state index contributed by atoms with van der Waals surface area (Å²) < 4.78 is 33.4. The Morgan fingerprint density at radius 3 is 2.67 bits per heavy atom. The minimum atomic E-state index is -3.69. The quantitative estimate of drug-likeness (QED) is 0.770. The van der Waals surface area contributed by atoms with Crippen molar-refractivity contribution < 1.29 is 17.9 Å². The normalized spacial score (nSPS) is 19.5. The van der Waals surface area contributed by atoms with Gasteiger partial charge in [-0.1, -0.05) is 42.5 Å². The molecule has 1 atom stereocenters. The van der Waals surface area contributed by atoms with E-state index in [9.17, 15) is 13.2 Å². The summed E-state index contributed by atoms with van der Waals surface area (Å²) in [4.78, 5) is 14.8. The molecule has 158 valence electrons. The highest BCUT2D eigenvalue weighted by Gasteiger charge is 2.23. The molecule has 2 aliphatic rings. The van der Waals surface area contributed by atoms with E-state index in [0.29, 0.717) is 25.3 Å². The van der Waals surface area contributed by atoms with Crippen LogP contribution in [0.3, 0.4) is 0 Å². The summed E-state index contributed by atoms with van der Waals surface area (Å²) in [6.07, 6.45) is 4.57. The van der Waals surface area contributed by atoms with E-state index in [1.165, 1.54) is 23.3 Å². The van der Waals surface area contributed by atoms with Crippen LogP contribution in [0, 0.1) is 0 Å². The van der Waals surface area contributed by atoms with Crippen LogP contribution in [0.25, 0.3) is 5.57 Å². The number of amides is 1. The topological polar surface area (TPSA) is 75.7 Å². The van der Waals surface area contributed by atoms with Crippen LogP contribution in [-0.2, 0) is 14.8 Å². The lowest BCUT2D eigenvalue weighted by Crippen LogP contribution is -2.35. The number of nitrogens with zero attached hydrogens (tertiary/aromatic N) is 1. The summed E-state index contributed by atoms with van der Waals surface area (Å²) in [6, 6.07) is 16.4. The largest absolute Gasteiger partial charge is 0.377 e. The lowest BCUT2D eigenvalue weighted by atomic mass is 9.99. The van der Waals surface area contributed by atoms with Gasteiger partial charge in [-0.2, -0.15) is 0 Å². The van der Waals surface area contributed by atoms with Gasteiger partial charge in [0.25, 0.3) is 5.91 Å². The minimum Gasteiger partial charge on any atom is -0.377 e. The molecule has 1 fully saturated rings. The van der Waals surface area contributed by atoms with Crippen molar-refractivity contribution in [1.29, 1.82) is 0 Å². The predicted molar refractivity (Wildman–Crippen MR) is 116 cm³/mol. The summed E-state index contributed by atoms with van der Waals surface area (Å²) >= 11 is 0. The zero-order chi connectivity index (χ0) is 21.0. The van der Waals surface area contributed by atoms with E-state index in [0.717, 1.165) is 19.3 Å². The summed E-state index contributed by atoms with van der Waals surface area (Å²) in [5.74, 6) is -0.158. The number of sulfonamides is 1. The average Bonchev–Trinajstić information content (AvgIpc) is 3.32. The minimum absolute atomic E-state index is 0.0801. The van der Waals surface area contributed by atoms with E-state index >= 15 is 0 Å². The number of nitrogens with one attached hydrogen (secondary N) is 1. The molecule has 1 amide bonds. The zero-order valence-corrected chi connectivity index (χ0v) is 17.6. The van der Waals surface area contributed by atoms with Crippen LogP contribution < -0.4 is 4.72 Å². The molecule has 2 heterocycles. The van der Waals surface area contributed by atoms with Gasteiger partial charge in [-0.3, -0.25) is 4.79 Å². The Morgan fingerprint density at radius 2 is 1.97 bits per heavy atom. The highest BCUT2D eigenvalue weighted by molar-refractivity contribution is 7.89. The van der Waals surface area contributed by atoms with Gasteiger partial charge < -0.3 is 9.64 Å². The molecule has 0 spiro atoms. The SMILES string of the molecule is O=C(c1cccc(S(=O)(=O)NCC2CCCO2)c1)N1CC=C(c2ccccc2)CC1. The third-order valence-electron chi connectivity index (χ3n) is 5.56. The first kappa shape index (κ1) is 20.8. The molecule has 0 saturated carbocycles. The first-order chi connectivity index (χ1) is 14.5. The van der Waals surface area contributed by atoms with Crippen molar-refractivity contribution >= 4 is 21.5 Å². The van der Waals surface area contributed by atoms with E-state index in [2.05, 4.69) is 22.9 Å². The Bertz CT molecular complexity index is 1030. The van der Waals surface area contributed by atoms with Gasteiger partial charge in [0.15, 0.2) is 0 Å². The standard InChI is InChI=1S/C23H26N2O4S/c26-23(25-13-11-19(12-14-25)18-6-2-1-3-7-18)20-8-4-10-22(16-20)30(27,28)24-17-21-9-5-15-29-21/h1-4,6-8,10-11,16,21,24H,5,9,12-15,17H2. The fraction of sp³-hybridized carbons (Fsp3) is 0.348. The van der Waals surface area contributed by atoms with Crippen LogP contribution >= 0.6 is 0 Å². The number of ether oxygens (including phenoxy) is 1. The third-order valence-corrected chi connectivity index (χ3v) is 6.98. The monoisotopic (exact) mass is 426 g/mol. The van der Waals surface area contributed by atoms with Crippen molar-refractivity contribution in [3.05, 3.63) is 71.8 Å². The lowest BCUT2D eigenvalue weighted by molar-refractivity contribution is 0.0772. The lowest BCUT2D eigenvalue weighted by Gasteiger charge is -2.27. The smallest absolute Gasteiger partial charge is 0.254 e. The first-order valence-electron chi connectivity index (χ1n) is 10.3. The van der Waals surface area contributed by atoms with Gasteiger partial charge in [0, 0.05) is 31.8 Å². The maximum absolute atomic E-state index is 13.0. The summed E-state index contributed by atoms with van der Waals surface area (Å²) in [5.41, 5.74) is 2.79. The summed E-state index contributed by atoms with van der Waals surface area (Å²) in [6.45, 7) is 2.04. The summed E-state index contributed by atoms with van der Waals surface area (Å²) in [7, 11) is -3.69. The van der Waals surface area contributed by atoms with E-state index in [4.69, 9.17) is 4.74 Å². The zero-order valence-electron chi connectivity index (χ0n) is 16.8. The van der Waals surface area contributed by atoms with Gasteiger partial charge >= 0.3 is 0 Å². The van der Waals surface area contributed by atoms with Gasteiger partial charge in [0.05, 0.1) is 11.0 Å². The second-order valence-electron chi connectivity index (χ2n) is 7.61. The van der Waals surface area contributed by atoms with Crippen LogP contribution in [0.1, 0.15) is 35.2 Å². The van der Waals surface area contributed by atoms with Crippen molar-refractivity contribution in [2.75, 3.05) is 26.2 Å². The molecule has 0 radical (unpaired) electrons. The second kappa shape index (κ2) is 9.12. The molecular weight excluding hydrogens is 400 g/mol. The van der Waals surface area contributed by atoms with E-state index in [1.807, 2.05) is 18.2 Å². The van der Waals surface area contributed by atoms with E-state index in [1.54, 1.807) is 17.0 Å². The van der Waals surface area contributed by atoms with Gasteiger partial charge in [0.1, 0.15) is 0 Å². The molecule has 0 aromatic heterocycles. The second-order valence-corrected chi connectivity index (χ2v) is 9.38. The number of hydrogen-bond donors (Lipinski definition) is 1. The van der Waals surface area contributed by atoms with Crippen LogP contribution in [0.2, 0.25) is 0 Å². The first-order valence-corrected chi connectivity index (χ1v) is 11.8. The fourth-order valence-corrected chi connectivity index (χ4v) is 4.95. The van der Waals surface area contributed by atoms with Crippen LogP contribution in [0.15, 0.2) is 65.6 Å². The number of hydrogen-bond acceptors (Lipinski definition) is 4. The molecule has 1 saturated heterocycles. The molecule has 4 rings (SSSR count). The molecule has 0 bridgehead atoms. The molecule has 1 N–H and O–H groups in total.